The van der Waals surface area contributed by atoms with Crippen LogP contribution in [0, 0.1) is 11.8 Å². The number of amides is 1. The van der Waals surface area contributed by atoms with Gasteiger partial charge in [0.25, 0.3) is 0 Å². The summed E-state index contributed by atoms with van der Waals surface area (Å²) in [6, 6.07) is 6.02. The number of rotatable bonds is 4. The summed E-state index contributed by atoms with van der Waals surface area (Å²) < 4.78 is 5.37. The van der Waals surface area contributed by atoms with Gasteiger partial charge in [-0.3, -0.25) is 9.78 Å². The molecule has 2 atom stereocenters. The first kappa shape index (κ1) is 14.5. The van der Waals surface area contributed by atoms with E-state index in [-0.39, 0.29) is 5.92 Å². The van der Waals surface area contributed by atoms with Crippen LogP contribution in [0.2, 0.25) is 0 Å². The van der Waals surface area contributed by atoms with E-state index in [0.717, 1.165) is 31.6 Å². The number of carbonyl (C=O) groups excluding carboxylic acids is 1. The van der Waals surface area contributed by atoms with Crippen molar-refractivity contribution in [3.05, 3.63) is 30.1 Å². The topological polar surface area (TPSA) is 42.4 Å². The summed E-state index contributed by atoms with van der Waals surface area (Å²) in [6.45, 7) is 2.29. The second-order valence-electron chi connectivity index (χ2n) is 6.30. The lowest BCUT2D eigenvalue weighted by Gasteiger charge is -2.20. The molecule has 3 rings (SSSR count). The van der Waals surface area contributed by atoms with Gasteiger partial charge >= 0.3 is 0 Å². The summed E-state index contributed by atoms with van der Waals surface area (Å²) in [5, 5.41) is 0. The number of hydrogen-bond donors (Lipinski definition) is 0. The zero-order valence-corrected chi connectivity index (χ0v) is 12.7. The Bertz CT molecular complexity index is 471. The fourth-order valence-electron chi connectivity index (χ4n) is 3.80. The molecule has 1 amide bonds. The lowest BCUT2D eigenvalue weighted by atomic mass is 9.93. The van der Waals surface area contributed by atoms with Gasteiger partial charge in [-0.1, -0.05) is 18.9 Å². The van der Waals surface area contributed by atoms with Crippen LogP contribution in [-0.4, -0.2) is 42.6 Å². The summed E-state index contributed by atoms with van der Waals surface area (Å²) in [5.41, 5.74) is 1.08. The van der Waals surface area contributed by atoms with E-state index >= 15 is 0 Å². The zero-order valence-electron chi connectivity index (χ0n) is 12.7. The average molecular weight is 288 g/mol. The largest absolute Gasteiger partial charge is 0.384 e. The maximum absolute atomic E-state index is 12.6. The van der Waals surface area contributed by atoms with Crippen LogP contribution in [0.3, 0.4) is 0 Å². The third-order valence-electron chi connectivity index (χ3n) is 4.91. The highest BCUT2D eigenvalue weighted by Gasteiger charge is 2.39. The third kappa shape index (κ3) is 3.10. The number of aromatic nitrogens is 1. The van der Waals surface area contributed by atoms with Crippen molar-refractivity contribution in [1.82, 2.24) is 9.88 Å². The smallest absolute Gasteiger partial charge is 0.225 e. The van der Waals surface area contributed by atoms with E-state index in [9.17, 15) is 4.79 Å². The number of ether oxygens (including phenoxy) is 1. The first-order valence-corrected chi connectivity index (χ1v) is 7.98. The van der Waals surface area contributed by atoms with Crippen LogP contribution in [0.1, 0.15) is 37.3 Å². The summed E-state index contributed by atoms with van der Waals surface area (Å²) in [6.07, 6.45) is 6.38. The summed E-state index contributed by atoms with van der Waals surface area (Å²) in [7, 11) is 1.73. The first-order valence-electron chi connectivity index (χ1n) is 7.98. The van der Waals surface area contributed by atoms with Gasteiger partial charge in [0.15, 0.2) is 0 Å². The van der Waals surface area contributed by atoms with Crippen molar-refractivity contribution < 1.29 is 9.53 Å². The zero-order chi connectivity index (χ0) is 14.7. The highest BCUT2D eigenvalue weighted by Crippen LogP contribution is 2.35. The van der Waals surface area contributed by atoms with Gasteiger partial charge in [-0.05, 0) is 25.0 Å². The highest BCUT2D eigenvalue weighted by molar-refractivity contribution is 5.79. The summed E-state index contributed by atoms with van der Waals surface area (Å²) >= 11 is 0. The minimum atomic E-state index is 0.260. The van der Waals surface area contributed by atoms with Crippen LogP contribution >= 0.6 is 0 Å². The number of nitrogens with zero attached hydrogens (tertiary/aromatic N) is 2. The maximum atomic E-state index is 12.6. The quantitative estimate of drug-likeness (QED) is 0.854. The molecule has 2 aliphatic rings. The Kier molecular flexibility index (Phi) is 4.54. The SMILES string of the molecule is COC[C@@H]1CN(C(=O)C2CCCC2)C[C@H]1c1ccccn1. The molecule has 0 unspecified atom stereocenters. The molecule has 21 heavy (non-hydrogen) atoms. The van der Waals surface area contributed by atoms with Gasteiger partial charge in [-0.15, -0.1) is 0 Å². The number of likely N-dealkylation sites (tertiary alicyclic amines) is 1. The molecule has 2 fully saturated rings. The van der Waals surface area contributed by atoms with Crippen LogP contribution in [0.25, 0.3) is 0 Å². The standard InChI is InChI=1S/C17H24N2O2/c1-21-12-14-10-19(17(20)13-6-2-3-7-13)11-15(14)16-8-4-5-9-18-16/h4-5,8-9,13-15H,2-3,6-7,10-12H2,1H3/t14-,15+/m0/s1. The molecular formula is C17H24N2O2. The van der Waals surface area contributed by atoms with Gasteiger partial charge in [0, 0.05) is 49.8 Å². The predicted molar refractivity (Wildman–Crippen MR) is 80.9 cm³/mol. The summed E-state index contributed by atoms with van der Waals surface area (Å²) in [4.78, 5) is 19.2. The number of methoxy groups -OCH3 is 1. The minimum Gasteiger partial charge on any atom is -0.384 e. The molecule has 0 radical (unpaired) electrons. The van der Waals surface area contributed by atoms with E-state index in [1.54, 1.807) is 7.11 Å². The molecule has 0 spiro atoms. The van der Waals surface area contributed by atoms with Crippen LogP contribution < -0.4 is 0 Å². The molecule has 1 aromatic heterocycles. The van der Waals surface area contributed by atoms with Gasteiger partial charge in [-0.25, -0.2) is 0 Å². The van der Waals surface area contributed by atoms with E-state index in [4.69, 9.17) is 4.74 Å². The molecule has 0 bridgehead atoms. The molecular weight excluding hydrogens is 264 g/mol. The molecule has 1 saturated heterocycles. The van der Waals surface area contributed by atoms with Crippen LogP contribution in [-0.2, 0) is 9.53 Å². The molecule has 0 N–H and O–H groups in total. The van der Waals surface area contributed by atoms with Crippen molar-refractivity contribution in [2.24, 2.45) is 11.8 Å². The average Bonchev–Trinajstić information content (AvgIpc) is 3.18. The Hall–Kier alpha value is -1.42. The van der Waals surface area contributed by atoms with Gasteiger partial charge in [-0.2, -0.15) is 0 Å². The van der Waals surface area contributed by atoms with E-state index < -0.39 is 0 Å². The van der Waals surface area contributed by atoms with Crippen LogP contribution in [0.15, 0.2) is 24.4 Å². The molecule has 2 heterocycles. The van der Waals surface area contributed by atoms with Gasteiger partial charge in [0.2, 0.25) is 5.91 Å². The van der Waals surface area contributed by atoms with E-state index in [1.165, 1.54) is 12.8 Å². The molecule has 1 saturated carbocycles. The highest BCUT2D eigenvalue weighted by atomic mass is 16.5. The van der Waals surface area contributed by atoms with Gasteiger partial charge < -0.3 is 9.64 Å². The third-order valence-corrected chi connectivity index (χ3v) is 4.91. The second kappa shape index (κ2) is 6.56. The molecule has 0 aromatic carbocycles. The van der Waals surface area contributed by atoms with Crippen LogP contribution in [0.4, 0.5) is 0 Å². The minimum absolute atomic E-state index is 0.260. The normalized spacial score (nSPS) is 26.4. The van der Waals surface area contributed by atoms with Crippen molar-refractivity contribution in [2.75, 3.05) is 26.8 Å². The Morgan fingerprint density at radius 1 is 1.33 bits per heavy atom. The Morgan fingerprint density at radius 2 is 2.14 bits per heavy atom. The first-order chi connectivity index (χ1) is 10.3. The van der Waals surface area contributed by atoms with Crippen molar-refractivity contribution in [3.8, 4) is 0 Å². The van der Waals surface area contributed by atoms with Gasteiger partial charge in [0.05, 0.1) is 6.61 Å². The number of carbonyl (C=O) groups is 1. The molecule has 1 aliphatic carbocycles. The van der Waals surface area contributed by atoms with E-state index in [1.807, 2.05) is 18.3 Å². The lowest BCUT2D eigenvalue weighted by Crippen LogP contribution is -2.33. The van der Waals surface area contributed by atoms with Crippen LogP contribution in [0.5, 0.6) is 0 Å². The Balaban J connectivity index is 1.73. The van der Waals surface area contributed by atoms with Gasteiger partial charge in [0.1, 0.15) is 0 Å². The fraction of sp³-hybridized carbons (Fsp3) is 0.647. The molecule has 4 nitrogen and oxygen atoms in total. The Labute approximate surface area is 126 Å². The monoisotopic (exact) mass is 288 g/mol. The summed E-state index contributed by atoms with van der Waals surface area (Å²) in [5.74, 6) is 1.27. The molecule has 1 aliphatic heterocycles. The Morgan fingerprint density at radius 3 is 2.81 bits per heavy atom. The number of hydrogen-bond acceptors (Lipinski definition) is 3. The maximum Gasteiger partial charge on any atom is 0.225 e. The molecule has 4 heteroatoms. The molecule has 114 valence electrons. The number of pyridine rings is 1. The second-order valence-corrected chi connectivity index (χ2v) is 6.30. The van der Waals surface area contributed by atoms with Crippen molar-refractivity contribution in [3.63, 3.8) is 0 Å². The van der Waals surface area contributed by atoms with E-state index in [0.29, 0.717) is 24.3 Å². The van der Waals surface area contributed by atoms with Crippen molar-refractivity contribution >= 4 is 5.91 Å². The lowest BCUT2D eigenvalue weighted by molar-refractivity contribution is -0.134. The predicted octanol–water partition coefficient (Wildman–Crippen LogP) is 2.46. The fourth-order valence-corrected chi connectivity index (χ4v) is 3.80. The molecule has 1 aromatic rings. The van der Waals surface area contributed by atoms with Crippen molar-refractivity contribution in [1.29, 1.82) is 0 Å². The van der Waals surface area contributed by atoms with E-state index in [2.05, 4.69) is 16.0 Å². The van der Waals surface area contributed by atoms with Crippen molar-refractivity contribution in [2.45, 2.75) is 31.6 Å².